The van der Waals surface area contributed by atoms with Gasteiger partial charge in [-0.3, -0.25) is 9.21 Å². The highest BCUT2D eigenvalue weighted by molar-refractivity contribution is 7.92. The number of anilines is 1. The van der Waals surface area contributed by atoms with Crippen molar-refractivity contribution in [2.45, 2.75) is 38.5 Å². The number of carbonyl (C=O) groups excluding carboxylic acids is 1. The molecule has 0 N–H and O–H groups in total. The van der Waals surface area contributed by atoms with Gasteiger partial charge in [-0.2, -0.15) is 13.5 Å². The standard InChI is InChI=1S/C35H42Cl2F2N4O9S/c1-40(19-24-6-8-30(48-2)29(16-24)43(53(3,46)47)11-10-41-12-14-49-15-13-41)35(44)52-32(18-26-27(36)20-42(45)21-28(26)37)25-7-9-31(51-34(38)39)33(17-25)50-22-23-4-5-23/h6-9,16-17,20-21,23,32,34H,4-5,10-15,18-19,22H2,1-3H3/t32-/m0/s1. The number of rotatable bonds is 17. The third-order valence-electron chi connectivity index (χ3n) is 8.78. The number of hydrogen-bond acceptors (Lipinski definition) is 10. The van der Waals surface area contributed by atoms with Gasteiger partial charge < -0.3 is 33.8 Å². The van der Waals surface area contributed by atoms with Crippen LogP contribution in [-0.4, -0.2) is 97.3 Å². The molecule has 5 rings (SSSR count). The highest BCUT2D eigenvalue weighted by Crippen LogP contribution is 2.38. The molecule has 13 nitrogen and oxygen atoms in total. The van der Waals surface area contributed by atoms with Crippen molar-refractivity contribution in [2.24, 2.45) is 5.92 Å². The molecule has 18 heteroatoms. The number of sulfonamides is 1. The molecule has 0 bridgehead atoms. The Morgan fingerprint density at radius 1 is 1.08 bits per heavy atom. The van der Waals surface area contributed by atoms with E-state index in [9.17, 15) is 27.2 Å². The fraction of sp³-hybridized carbons (Fsp3) is 0.486. The van der Waals surface area contributed by atoms with E-state index in [0.717, 1.165) is 31.5 Å². The molecule has 1 saturated heterocycles. The van der Waals surface area contributed by atoms with Gasteiger partial charge in [0, 0.05) is 51.8 Å². The maximum atomic E-state index is 13.7. The van der Waals surface area contributed by atoms with Crippen LogP contribution in [0.25, 0.3) is 0 Å². The zero-order chi connectivity index (χ0) is 38.3. The van der Waals surface area contributed by atoms with Gasteiger partial charge >= 0.3 is 12.7 Å². The molecule has 2 aromatic carbocycles. The van der Waals surface area contributed by atoms with Gasteiger partial charge in [-0.25, -0.2) is 13.2 Å². The lowest BCUT2D eigenvalue weighted by Crippen LogP contribution is -2.43. The number of morpholine rings is 1. The molecule has 2 aliphatic rings. The maximum Gasteiger partial charge on any atom is 0.410 e. The summed E-state index contributed by atoms with van der Waals surface area (Å²) in [5, 5.41) is 12.0. The lowest BCUT2D eigenvalue weighted by molar-refractivity contribution is -0.605. The molecular weight excluding hydrogens is 761 g/mol. The van der Waals surface area contributed by atoms with Gasteiger partial charge in [0.1, 0.15) is 21.9 Å². The van der Waals surface area contributed by atoms with Crippen LogP contribution in [0, 0.1) is 11.1 Å². The first-order valence-electron chi connectivity index (χ1n) is 16.9. The van der Waals surface area contributed by atoms with Crippen LogP contribution >= 0.6 is 23.2 Å². The van der Waals surface area contributed by atoms with Crippen LogP contribution in [0.3, 0.4) is 0 Å². The Hall–Kier alpha value is -3.83. The number of alkyl halides is 2. The zero-order valence-electron chi connectivity index (χ0n) is 29.5. The number of halogens is 4. The largest absolute Gasteiger partial charge is 0.619 e. The zero-order valence-corrected chi connectivity index (χ0v) is 31.8. The third kappa shape index (κ3) is 11.3. The second-order valence-electron chi connectivity index (χ2n) is 12.9. The van der Waals surface area contributed by atoms with Crippen LogP contribution in [0.1, 0.15) is 35.6 Å². The highest BCUT2D eigenvalue weighted by Gasteiger charge is 2.28. The van der Waals surface area contributed by atoms with Crippen molar-refractivity contribution in [1.29, 1.82) is 0 Å². The minimum absolute atomic E-state index is 0.00353. The molecule has 2 fully saturated rings. The topological polar surface area (TPSA) is 134 Å². The highest BCUT2D eigenvalue weighted by atomic mass is 35.5. The predicted molar refractivity (Wildman–Crippen MR) is 194 cm³/mol. The van der Waals surface area contributed by atoms with Crippen LogP contribution in [0.15, 0.2) is 48.8 Å². The SMILES string of the molecule is COc1ccc(CN(C)C(=O)O[C@@H](Cc2c(Cl)c[n+]([O-])cc2Cl)c2ccc(OC(F)F)c(OCC3CC3)c2)cc1N(CCN1CCOCC1)S(C)(=O)=O. The Morgan fingerprint density at radius 3 is 2.38 bits per heavy atom. The second kappa shape index (κ2) is 18.0. The first-order valence-corrected chi connectivity index (χ1v) is 19.5. The van der Waals surface area contributed by atoms with E-state index in [1.54, 1.807) is 18.2 Å². The summed E-state index contributed by atoms with van der Waals surface area (Å²) in [5.41, 5.74) is 1.57. The fourth-order valence-corrected chi connectivity index (χ4v) is 7.27. The molecule has 1 saturated carbocycles. The number of nitrogens with zero attached hydrogens (tertiary/aromatic N) is 4. The Kier molecular flexibility index (Phi) is 13.7. The summed E-state index contributed by atoms with van der Waals surface area (Å²) in [6.07, 6.45) is 3.30. The van der Waals surface area contributed by atoms with Gasteiger partial charge in [0.05, 0.1) is 38.9 Å². The van der Waals surface area contributed by atoms with E-state index in [4.69, 9.17) is 42.1 Å². The summed E-state index contributed by atoms with van der Waals surface area (Å²) < 4.78 is 81.7. The summed E-state index contributed by atoms with van der Waals surface area (Å²) in [5.74, 6) is 0.495. The molecule has 1 amide bonds. The number of benzene rings is 2. The van der Waals surface area contributed by atoms with Crippen molar-refractivity contribution in [3.8, 4) is 17.2 Å². The first kappa shape index (κ1) is 40.4. The number of aromatic nitrogens is 1. The molecule has 1 aliphatic heterocycles. The number of carbonyl (C=O) groups is 1. The molecule has 2 heterocycles. The minimum Gasteiger partial charge on any atom is -0.619 e. The summed E-state index contributed by atoms with van der Waals surface area (Å²) in [6, 6.07) is 9.22. The molecular formula is C35H42Cl2F2N4O9S. The van der Waals surface area contributed by atoms with Gasteiger partial charge in [-0.05, 0) is 54.2 Å². The minimum atomic E-state index is -3.73. The van der Waals surface area contributed by atoms with Crippen molar-refractivity contribution in [1.82, 2.24) is 9.80 Å². The summed E-state index contributed by atoms with van der Waals surface area (Å²) in [4.78, 5) is 17.1. The Balaban J connectivity index is 1.39. The summed E-state index contributed by atoms with van der Waals surface area (Å²) in [7, 11) is -0.783. The smallest absolute Gasteiger partial charge is 0.410 e. The number of ether oxygens (including phenoxy) is 5. The number of hydrogen-bond donors (Lipinski definition) is 0. The Morgan fingerprint density at radius 2 is 1.75 bits per heavy atom. The molecule has 290 valence electrons. The van der Waals surface area contributed by atoms with Crippen LogP contribution in [0.2, 0.25) is 10.0 Å². The molecule has 0 radical (unpaired) electrons. The maximum absolute atomic E-state index is 13.7. The van der Waals surface area contributed by atoms with E-state index >= 15 is 0 Å². The Labute approximate surface area is 317 Å². The molecule has 3 aromatic rings. The number of amides is 1. The average Bonchev–Trinajstić information content (AvgIpc) is 3.93. The summed E-state index contributed by atoms with van der Waals surface area (Å²) >= 11 is 12.8. The van der Waals surface area contributed by atoms with E-state index in [1.165, 1.54) is 41.6 Å². The van der Waals surface area contributed by atoms with Crippen molar-refractivity contribution in [2.75, 3.05) is 70.7 Å². The Bertz CT molecular complexity index is 1830. The van der Waals surface area contributed by atoms with E-state index < -0.39 is 28.8 Å². The van der Waals surface area contributed by atoms with Crippen molar-refractivity contribution < 1.29 is 50.4 Å². The van der Waals surface area contributed by atoms with Crippen molar-refractivity contribution in [3.63, 3.8) is 0 Å². The van der Waals surface area contributed by atoms with E-state index in [2.05, 4.69) is 9.64 Å². The van der Waals surface area contributed by atoms with Crippen LogP contribution in [0.5, 0.6) is 17.2 Å². The molecule has 1 atom stereocenters. The normalized spacial score (nSPS) is 15.5. The van der Waals surface area contributed by atoms with Crippen LogP contribution in [0.4, 0.5) is 19.3 Å². The van der Waals surface area contributed by atoms with Crippen LogP contribution in [-0.2, 0) is 32.5 Å². The van der Waals surface area contributed by atoms with E-state index in [0.29, 0.717) is 78.2 Å². The van der Waals surface area contributed by atoms with Gasteiger partial charge in [-0.1, -0.05) is 35.3 Å². The van der Waals surface area contributed by atoms with Gasteiger partial charge in [0.25, 0.3) is 0 Å². The number of methoxy groups -OCH3 is 1. The summed E-state index contributed by atoms with van der Waals surface area (Å²) in [6.45, 7) is 0.361. The molecule has 1 aliphatic carbocycles. The molecule has 53 heavy (non-hydrogen) atoms. The van der Waals surface area contributed by atoms with Crippen molar-refractivity contribution >= 4 is 45.0 Å². The molecule has 0 spiro atoms. The quantitative estimate of drug-likeness (QED) is 0.124. The lowest BCUT2D eigenvalue weighted by Gasteiger charge is -2.31. The monoisotopic (exact) mass is 802 g/mol. The van der Waals surface area contributed by atoms with E-state index in [1.807, 2.05) is 0 Å². The molecule has 1 aromatic heterocycles. The predicted octanol–water partition coefficient (Wildman–Crippen LogP) is 5.68. The fourth-order valence-electron chi connectivity index (χ4n) is 5.76. The van der Waals surface area contributed by atoms with Crippen molar-refractivity contribution in [3.05, 3.63) is 80.7 Å². The van der Waals surface area contributed by atoms with E-state index in [-0.39, 0.29) is 41.1 Å². The average molecular weight is 804 g/mol. The lowest BCUT2D eigenvalue weighted by atomic mass is 10.0. The van der Waals surface area contributed by atoms with Gasteiger partial charge in [0.15, 0.2) is 23.9 Å². The first-order chi connectivity index (χ1) is 25.2. The van der Waals surface area contributed by atoms with Crippen LogP contribution < -0.4 is 23.2 Å². The second-order valence-corrected chi connectivity index (χ2v) is 15.6. The number of pyridine rings is 1. The van der Waals surface area contributed by atoms with Gasteiger partial charge in [0.2, 0.25) is 10.0 Å². The third-order valence-corrected chi connectivity index (χ3v) is 10.6. The molecule has 0 unspecified atom stereocenters. The van der Waals surface area contributed by atoms with Gasteiger partial charge in [-0.15, -0.1) is 0 Å².